The first-order valence-corrected chi connectivity index (χ1v) is 11.5. The normalized spacial score (nSPS) is 25.5. The Morgan fingerprint density at radius 3 is 2.79 bits per heavy atom. The molecule has 4 rings (SSSR count). The van der Waals surface area contributed by atoms with Gasteiger partial charge in [-0.2, -0.15) is 0 Å². The Morgan fingerprint density at radius 1 is 1.28 bits per heavy atom. The summed E-state index contributed by atoms with van der Waals surface area (Å²) in [5.74, 6) is 1.54. The van der Waals surface area contributed by atoms with E-state index >= 15 is 0 Å². The van der Waals surface area contributed by atoms with Crippen molar-refractivity contribution in [2.75, 3.05) is 32.0 Å². The van der Waals surface area contributed by atoms with Crippen molar-refractivity contribution in [3.63, 3.8) is 0 Å². The molecule has 1 N–H and O–H groups in total. The van der Waals surface area contributed by atoms with Gasteiger partial charge >= 0.3 is 0 Å². The van der Waals surface area contributed by atoms with Crippen molar-refractivity contribution in [1.29, 1.82) is 0 Å². The molecule has 158 valence electrons. The van der Waals surface area contributed by atoms with Crippen LogP contribution in [0.25, 0.3) is 5.57 Å². The van der Waals surface area contributed by atoms with Crippen molar-refractivity contribution >= 4 is 17.2 Å². The lowest BCUT2D eigenvalue weighted by Gasteiger charge is -2.43. The fraction of sp³-hybridized carbons (Fsp3) is 0.640. The van der Waals surface area contributed by atoms with E-state index in [-0.39, 0.29) is 12.0 Å². The van der Waals surface area contributed by atoms with E-state index in [1.807, 2.05) is 0 Å². The Morgan fingerprint density at radius 2 is 2.07 bits per heavy atom. The Hall–Kier alpha value is -1.81. The summed E-state index contributed by atoms with van der Waals surface area (Å²) in [5.41, 5.74) is 5.52. The highest BCUT2D eigenvalue weighted by Gasteiger charge is 2.41. The van der Waals surface area contributed by atoms with Crippen LogP contribution in [0.15, 0.2) is 24.3 Å². The van der Waals surface area contributed by atoms with Gasteiger partial charge in [0.15, 0.2) is 0 Å². The van der Waals surface area contributed by atoms with Gasteiger partial charge in [-0.1, -0.05) is 32.1 Å². The second-order valence-electron chi connectivity index (χ2n) is 9.93. The Labute approximate surface area is 176 Å². The van der Waals surface area contributed by atoms with Gasteiger partial charge in [0.1, 0.15) is 0 Å². The average Bonchev–Trinajstić information content (AvgIpc) is 3.09. The molecule has 0 saturated heterocycles. The van der Waals surface area contributed by atoms with E-state index in [0.29, 0.717) is 23.8 Å². The number of amides is 1. The van der Waals surface area contributed by atoms with Gasteiger partial charge in [-0.25, -0.2) is 0 Å². The first-order valence-electron chi connectivity index (χ1n) is 11.5. The van der Waals surface area contributed by atoms with Gasteiger partial charge in [0.2, 0.25) is 5.91 Å². The topological polar surface area (TPSA) is 35.6 Å². The highest BCUT2D eigenvalue weighted by Crippen LogP contribution is 2.48. The molecule has 1 unspecified atom stereocenters. The molecule has 0 fully saturated rings. The zero-order valence-electron chi connectivity index (χ0n) is 18.7. The maximum atomic E-state index is 13.5. The van der Waals surface area contributed by atoms with Gasteiger partial charge in [0.25, 0.3) is 0 Å². The Balaban J connectivity index is 1.61. The molecule has 0 spiro atoms. The van der Waals surface area contributed by atoms with Crippen LogP contribution < -0.4 is 5.32 Å². The molecule has 3 atom stereocenters. The molecule has 4 heteroatoms. The zero-order chi connectivity index (χ0) is 20.7. The van der Waals surface area contributed by atoms with Crippen molar-refractivity contribution in [1.82, 2.24) is 9.80 Å². The minimum Gasteiger partial charge on any atom is -0.384 e. The molecule has 4 nitrogen and oxygen atoms in total. The van der Waals surface area contributed by atoms with Crippen molar-refractivity contribution in [3.05, 3.63) is 35.4 Å². The third kappa shape index (κ3) is 3.84. The van der Waals surface area contributed by atoms with Crippen molar-refractivity contribution in [3.8, 4) is 0 Å². The van der Waals surface area contributed by atoms with E-state index < -0.39 is 0 Å². The highest BCUT2D eigenvalue weighted by atomic mass is 16.2. The van der Waals surface area contributed by atoms with Crippen molar-refractivity contribution < 1.29 is 4.79 Å². The molecule has 1 aromatic carbocycles. The molecule has 3 aliphatic rings. The van der Waals surface area contributed by atoms with E-state index in [0.717, 1.165) is 32.5 Å². The lowest BCUT2D eigenvalue weighted by atomic mass is 9.74. The molecule has 0 aromatic heterocycles. The number of anilines is 1. The summed E-state index contributed by atoms with van der Waals surface area (Å²) in [6.45, 7) is 11.6. The first-order chi connectivity index (χ1) is 13.9. The summed E-state index contributed by atoms with van der Waals surface area (Å²) in [6.07, 6.45) is 5.73. The molecule has 2 heterocycles. The largest absolute Gasteiger partial charge is 0.384 e. The average molecular weight is 396 g/mol. The molecule has 2 aliphatic heterocycles. The summed E-state index contributed by atoms with van der Waals surface area (Å²) in [4.78, 5) is 18.1. The van der Waals surface area contributed by atoms with Gasteiger partial charge in [0, 0.05) is 43.3 Å². The minimum atomic E-state index is -0.0468. The molecule has 1 amide bonds. The first kappa shape index (κ1) is 20.5. The quantitative estimate of drug-likeness (QED) is 0.765. The van der Waals surface area contributed by atoms with Crippen LogP contribution in [0.2, 0.25) is 0 Å². The summed E-state index contributed by atoms with van der Waals surface area (Å²) < 4.78 is 0. The number of benzene rings is 1. The Bertz CT molecular complexity index is 797. The number of fused-ring (bicyclic) bond motifs is 2. The second kappa shape index (κ2) is 8.14. The van der Waals surface area contributed by atoms with Crippen LogP contribution in [0.3, 0.4) is 0 Å². The number of nitrogens with zero attached hydrogens (tertiary/aromatic N) is 2. The van der Waals surface area contributed by atoms with Crippen LogP contribution in [0.1, 0.15) is 64.0 Å². The Kier molecular flexibility index (Phi) is 5.74. The van der Waals surface area contributed by atoms with E-state index in [2.05, 4.69) is 74.1 Å². The third-order valence-electron chi connectivity index (χ3n) is 7.03. The van der Waals surface area contributed by atoms with Gasteiger partial charge in [-0.05, 0) is 68.8 Å². The standard InChI is InChI=1S/C25H37N3O/c1-16(2)8-7-11-28(17(3)4)25(29)19-12-21-20-9-6-10-22-24(20)18(14-26-22)13-23(21)27(5)15-19/h6,9-10,12,16-19,23,26H,7-8,11,13-15H2,1-5H3/t18?,19-,23-/m1/s1. The molecular weight excluding hydrogens is 358 g/mol. The lowest BCUT2D eigenvalue weighted by Crippen LogP contribution is -2.49. The van der Waals surface area contributed by atoms with Gasteiger partial charge in [-0.15, -0.1) is 0 Å². The third-order valence-corrected chi connectivity index (χ3v) is 7.03. The minimum absolute atomic E-state index is 0.0468. The van der Waals surface area contributed by atoms with Gasteiger partial charge in [-0.3, -0.25) is 9.69 Å². The zero-order valence-corrected chi connectivity index (χ0v) is 18.7. The summed E-state index contributed by atoms with van der Waals surface area (Å²) in [7, 11) is 2.20. The smallest absolute Gasteiger partial charge is 0.231 e. The predicted molar refractivity (Wildman–Crippen MR) is 121 cm³/mol. The van der Waals surface area contributed by atoms with Gasteiger partial charge < -0.3 is 10.2 Å². The molecule has 0 bridgehead atoms. The number of rotatable bonds is 6. The maximum Gasteiger partial charge on any atom is 0.231 e. The fourth-order valence-electron chi connectivity index (χ4n) is 5.50. The van der Waals surface area contributed by atoms with Crippen LogP contribution in [-0.2, 0) is 4.79 Å². The number of hydrogen-bond acceptors (Lipinski definition) is 3. The number of likely N-dealkylation sites (N-methyl/N-ethyl adjacent to an activating group) is 1. The molecule has 1 aliphatic carbocycles. The number of carbonyl (C=O) groups excluding carboxylic acids is 1. The number of hydrogen-bond donors (Lipinski definition) is 1. The predicted octanol–water partition coefficient (Wildman–Crippen LogP) is 4.59. The van der Waals surface area contributed by atoms with E-state index in [4.69, 9.17) is 0 Å². The van der Waals surface area contributed by atoms with E-state index in [1.54, 1.807) is 0 Å². The SMILES string of the molecule is CC(C)CCCN(C(=O)[C@@H]1C=C2c3cccc4c3C(CN4)C[C@H]2N(C)C1)C(C)C. The summed E-state index contributed by atoms with van der Waals surface area (Å²) >= 11 is 0. The monoisotopic (exact) mass is 395 g/mol. The lowest BCUT2D eigenvalue weighted by molar-refractivity contribution is -0.136. The number of carbonyl (C=O) groups is 1. The van der Waals surface area contributed by atoms with E-state index in [1.165, 1.54) is 28.8 Å². The molecule has 0 radical (unpaired) electrons. The van der Waals surface area contributed by atoms with Crippen molar-refractivity contribution in [2.45, 2.75) is 65.0 Å². The molecular formula is C25H37N3O. The summed E-state index contributed by atoms with van der Waals surface area (Å²) in [5, 5.41) is 3.58. The molecule has 0 saturated carbocycles. The van der Waals surface area contributed by atoms with E-state index in [9.17, 15) is 4.79 Å². The van der Waals surface area contributed by atoms with Crippen LogP contribution in [0.4, 0.5) is 5.69 Å². The second-order valence-corrected chi connectivity index (χ2v) is 9.93. The highest BCUT2D eigenvalue weighted by molar-refractivity contribution is 5.87. The number of nitrogens with one attached hydrogen (secondary N) is 1. The van der Waals surface area contributed by atoms with Gasteiger partial charge in [0.05, 0.1) is 5.92 Å². The molecule has 29 heavy (non-hydrogen) atoms. The van der Waals surface area contributed by atoms with Crippen LogP contribution >= 0.6 is 0 Å². The maximum absolute atomic E-state index is 13.5. The van der Waals surface area contributed by atoms with Crippen LogP contribution in [0, 0.1) is 11.8 Å². The van der Waals surface area contributed by atoms with Crippen molar-refractivity contribution in [2.24, 2.45) is 11.8 Å². The summed E-state index contributed by atoms with van der Waals surface area (Å²) in [6, 6.07) is 7.30. The fourth-order valence-corrected chi connectivity index (χ4v) is 5.50. The van der Waals surface area contributed by atoms with Crippen LogP contribution in [0.5, 0.6) is 0 Å². The van der Waals surface area contributed by atoms with Crippen LogP contribution in [-0.4, -0.2) is 54.5 Å². The molecule has 1 aromatic rings.